The molecular weight excluding hydrogens is 280 g/mol. The minimum atomic E-state index is -0.235. The Hall–Kier alpha value is -1.84. The summed E-state index contributed by atoms with van der Waals surface area (Å²) in [5.74, 6) is 0.834. The van der Waals surface area contributed by atoms with Crippen LogP contribution in [0.25, 0.3) is 0 Å². The molecular formula is C18H22O4. The third-order valence-electron chi connectivity index (χ3n) is 4.18. The molecule has 118 valence electrons. The first-order chi connectivity index (χ1) is 10.00. The monoisotopic (exact) mass is 302 g/mol. The molecule has 4 heteroatoms. The van der Waals surface area contributed by atoms with Crippen LogP contribution in [0.5, 0.6) is 11.5 Å². The van der Waals surface area contributed by atoms with Crippen LogP contribution in [0.15, 0.2) is 0 Å². The number of carbonyl (C=O) groups is 2. The van der Waals surface area contributed by atoms with Crippen LogP contribution < -0.4 is 9.47 Å². The second-order valence-corrected chi connectivity index (χ2v) is 8.17. The van der Waals surface area contributed by atoms with Gasteiger partial charge in [0.15, 0.2) is 0 Å². The molecule has 2 aliphatic heterocycles. The first-order valence-corrected chi connectivity index (χ1v) is 7.64. The lowest BCUT2D eigenvalue weighted by atomic mass is 9.75. The lowest BCUT2D eigenvalue weighted by Gasteiger charge is -2.29. The highest BCUT2D eigenvalue weighted by Gasteiger charge is 2.42. The van der Waals surface area contributed by atoms with Gasteiger partial charge in [-0.15, -0.1) is 0 Å². The van der Waals surface area contributed by atoms with E-state index in [4.69, 9.17) is 9.47 Å². The summed E-state index contributed by atoms with van der Waals surface area (Å²) in [6.07, 6.45) is 0.492. The van der Waals surface area contributed by atoms with Crippen LogP contribution in [0, 0.1) is 0 Å². The average molecular weight is 302 g/mol. The van der Waals surface area contributed by atoms with Crippen molar-refractivity contribution in [1.82, 2.24) is 0 Å². The number of hydrogen-bond acceptors (Lipinski definition) is 4. The normalized spacial score (nSPS) is 17.2. The van der Waals surface area contributed by atoms with Crippen molar-refractivity contribution in [1.29, 1.82) is 0 Å². The van der Waals surface area contributed by atoms with Gasteiger partial charge in [-0.05, 0) is 10.8 Å². The smallest absolute Gasteiger partial charge is 0.315 e. The number of carbonyl (C=O) groups excluding carboxylic acids is 2. The van der Waals surface area contributed by atoms with Gasteiger partial charge in [0.2, 0.25) is 0 Å². The van der Waals surface area contributed by atoms with Crippen molar-refractivity contribution in [3.8, 4) is 11.5 Å². The zero-order chi connectivity index (χ0) is 16.4. The fourth-order valence-corrected chi connectivity index (χ4v) is 3.54. The summed E-state index contributed by atoms with van der Waals surface area (Å²) in [5, 5.41) is 0. The molecule has 0 saturated heterocycles. The van der Waals surface area contributed by atoms with Crippen molar-refractivity contribution >= 4 is 11.9 Å². The average Bonchev–Trinajstić information content (AvgIpc) is 2.82. The predicted molar refractivity (Wildman–Crippen MR) is 82.5 cm³/mol. The van der Waals surface area contributed by atoms with Crippen LogP contribution in [-0.2, 0) is 33.3 Å². The van der Waals surface area contributed by atoms with Gasteiger partial charge < -0.3 is 9.47 Å². The SMILES string of the molecule is CC(C)(C)c1c2c(c(C(C)(C)C)c3c1OC(=O)C3)OC(=O)C2. The van der Waals surface area contributed by atoms with Crippen molar-refractivity contribution in [3.05, 3.63) is 22.3 Å². The molecule has 0 aliphatic carbocycles. The number of benzene rings is 1. The maximum atomic E-state index is 11.9. The van der Waals surface area contributed by atoms with Crippen LogP contribution >= 0.6 is 0 Å². The Labute approximate surface area is 130 Å². The van der Waals surface area contributed by atoms with E-state index in [0.29, 0.717) is 11.5 Å². The highest BCUT2D eigenvalue weighted by atomic mass is 16.5. The Bertz CT molecular complexity index is 597. The lowest BCUT2D eigenvalue weighted by molar-refractivity contribution is -0.132. The Morgan fingerprint density at radius 3 is 1.27 bits per heavy atom. The van der Waals surface area contributed by atoms with E-state index in [-0.39, 0.29) is 35.6 Å². The summed E-state index contributed by atoms with van der Waals surface area (Å²) in [4.78, 5) is 23.8. The molecule has 1 aromatic carbocycles. The topological polar surface area (TPSA) is 52.6 Å². The summed E-state index contributed by atoms with van der Waals surface area (Å²) in [7, 11) is 0. The number of esters is 2. The largest absolute Gasteiger partial charge is 0.426 e. The summed E-state index contributed by atoms with van der Waals surface area (Å²) in [6.45, 7) is 12.4. The molecule has 0 unspecified atom stereocenters. The van der Waals surface area contributed by atoms with Gasteiger partial charge >= 0.3 is 11.9 Å². The van der Waals surface area contributed by atoms with Crippen LogP contribution in [0.2, 0.25) is 0 Å². The van der Waals surface area contributed by atoms with Gasteiger partial charge in [-0.3, -0.25) is 9.59 Å². The van der Waals surface area contributed by atoms with E-state index < -0.39 is 0 Å². The van der Waals surface area contributed by atoms with Crippen molar-refractivity contribution in [2.75, 3.05) is 0 Å². The van der Waals surface area contributed by atoms with Gasteiger partial charge in [0.1, 0.15) is 11.5 Å². The quantitative estimate of drug-likeness (QED) is 0.545. The fraction of sp³-hybridized carbons (Fsp3) is 0.556. The van der Waals surface area contributed by atoms with Gasteiger partial charge in [-0.25, -0.2) is 0 Å². The predicted octanol–water partition coefficient (Wildman–Crippen LogP) is 3.20. The van der Waals surface area contributed by atoms with Crippen molar-refractivity contribution in [2.24, 2.45) is 0 Å². The van der Waals surface area contributed by atoms with Gasteiger partial charge in [0, 0.05) is 22.3 Å². The Kier molecular flexibility index (Phi) is 2.97. The molecule has 0 spiro atoms. The van der Waals surface area contributed by atoms with Crippen LogP contribution in [-0.4, -0.2) is 11.9 Å². The van der Waals surface area contributed by atoms with Gasteiger partial charge in [0.25, 0.3) is 0 Å². The highest BCUT2D eigenvalue weighted by molar-refractivity contribution is 5.89. The Balaban J connectivity index is 2.43. The minimum Gasteiger partial charge on any atom is -0.426 e. The fourth-order valence-electron chi connectivity index (χ4n) is 3.54. The molecule has 0 atom stereocenters. The third-order valence-corrected chi connectivity index (χ3v) is 4.18. The third kappa shape index (κ3) is 2.13. The number of rotatable bonds is 0. The molecule has 2 aliphatic rings. The molecule has 1 aromatic rings. The first kappa shape index (κ1) is 15.1. The van der Waals surface area contributed by atoms with E-state index in [2.05, 4.69) is 41.5 Å². The van der Waals surface area contributed by atoms with E-state index in [1.165, 1.54) is 0 Å². The summed E-state index contributed by atoms with van der Waals surface area (Å²) < 4.78 is 11.1. The van der Waals surface area contributed by atoms with E-state index in [0.717, 1.165) is 22.3 Å². The summed E-state index contributed by atoms with van der Waals surface area (Å²) in [6, 6.07) is 0. The van der Waals surface area contributed by atoms with Crippen LogP contribution in [0.3, 0.4) is 0 Å². The minimum absolute atomic E-state index is 0.233. The molecule has 0 bridgehead atoms. The molecule has 0 saturated carbocycles. The van der Waals surface area contributed by atoms with Crippen molar-refractivity contribution in [2.45, 2.75) is 65.2 Å². The molecule has 4 nitrogen and oxygen atoms in total. The standard InChI is InChI=1S/C18H22O4/c1-17(2,3)13-9-7-11(19)22-16(9)14(18(4,5)6)10-8-12(20)21-15(10)13/h7-8H2,1-6H3. The van der Waals surface area contributed by atoms with Crippen molar-refractivity contribution in [3.63, 3.8) is 0 Å². The molecule has 0 N–H and O–H groups in total. The molecule has 0 fully saturated rings. The first-order valence-electron chi connectivity index (χ1n) is 7.64. The Morgan fingerprint density at radius 2 is 1.00 bits per heavy atom. The van der Waals surface area contributed by atoms with E-state index in [9.17, 15) is 9.59 Å². The second kappa shape index (κ2) is 4.34. The zero-order valence-corrected chi connectivity index (χ0v) is 14.0. The zero-order valence-electron chi connectivity index (χ0n) is 14.0. The Morgan fingerprint density at radius 1 is 0.682 bits per heavy atom. The second-order valence-electron chi connectivity index (χ2n) is 8.17. The van der Waals surface area contributed by atoms with Crippen LogP contribution in [0.4, 0.5) is 0 Å². The van der Waals surface area contributed by atoms with E-state index >= 15 is 0 Å². The maximum absolute atomic E-state index is 11.9. The summed E-state index contributed by atoms with van der Waals surface area (Å²) >= 11 is 0. The van der Waals surface area contributed by atoms with E-state index in [1.54, 1.807) is 0 Å². The van der Waals surface area contributed by atoms with Gasteiger partial charge in [-0.2, -0.15) is 0 Å². The maximum Gasteiger partial charge on any atom is 0.315 e. The van der Waals surface area contributed by atoms with Gasteiger partial charge in [-0.1, -0.05) is 41.5 Å². The van der Waals surface area contributed by atoms with E-state index in [1.807, 2.05) is 0 Å². The number of hydrogen-bond donors (Lipinski definition) is 0. The molecule has 0 amide bonds. The lowest BCUT2D eigenvalue weighted by Crippen LogP contribution is -2.20. The van der Waals surface area contributed by atoms with Crippen LogP contribution in [0.1, 0.15) is 63.8 Å². The molecule has 3 rings (SSSR count). The molecule has 2 heterocycles. The highest BCUT2D eigenvalue weighted by Crippen LogP contribution is 2.52. The molecule has 0 aromatic heterocycles. The number of ether oxygens (including phenoxy) is 2. The van der Waals surface area contributed by atoms with Crippen molar-refractivity contribution < 1.29 is 19.1 Å². The molecule has 0 radical (unpaired) electrons. The molecule has 22 heavy (non-hydrogen) atoms. The number of fused-ring (bicyclic) bond motifs is 2. The van der Waals surface area contributed by atoms with Gasteiger partial charge in [0.05, 0.1) is 12.8 Å². The summed E-state index contributed by atoms with van der Waals surface area (Å²) in [5.41, 5.74) is 3.17.